The van der Waals surface area contributed by atoms with Gasteiger partial charge >= 0.3 is 5.97 Å². The third-order valence-corrected chi connectivity index (χ3v) is 1.43. The smallest absolute Gasteiger partial charge is 0.307 e. The van der Waals surface area contributed by atoms with Gasteiger partial charge in [-0.3, -0.25) is 4.79 Å². The standard InChI is InChI=1S/C8H17NO2.ClH/c1-6(2)4-7(9)5-8(10)11-3;/h6-7H,4-5,9H2,1-3H3;1H/t7-;/m1./s1. The fraction of sp³-hybridized carbons (Fsp3) is 0.875. The Bertz CT molecular complexity index is 128. The van der Waals surface area contributed by atoms with Crippen molar-refractivity contribution in [3.05, 3.63) is 0 Å². The van der Waals surface area contributed by atoms with Gasteiger partial charge in [0.1, 0.15) is 0 Å². The SMILES string of the molecule is COC(=O)C[C@H](N)CC(C)C.Cl. The first kappa shape index (κ1) is 14.3. The molecule has 0 radical (unpaired) electrons. The maximum Gasteiger partial charge on any atom is 0.307 e. The van der Waals surface area contributed by atoms with Crippen molar-refractivity contribution < 1.29 is 9.53 Å². The van der Waals surface area contributed by atoms with Crippen molar-refractivity contribution >= 4 is 18.4 Å². The quantitative estimate of drug-likeness (QED) is 0.689. The van der Waals surface area contributed by atoms with Crippen molar-refractivity contribution in [1.29, 1.82) is 0 Å². The van der Waals surface area contributed by atoms with Crippen LogP contribution in [0.4, 0.5) is 0 Å². The Labute approximate surface area is 80.1 Å². The molecule has 12 heavy (non-hydrogen) atoms. The third kappa shape index (κ3) is 7.82. The lowest BCUT2D eigenvalue weighted by Crippen LogP contribution is -2.25. The van der Waals surface area contributed by atoms with Crippen LogP contribution in [0.25, 0.3) is 0 Å². The summed E-state index contributed by atoms with van der Waals surface area (Å²) in [5.41, 5.74) is 5.65. The van der Waals surface area contributed by atoms with Crippen molar-refractivity contribution in [2.75, 3.05) is 7.11 Å². The molecule has 0 aliphatic carbocycles. The Morgan fingerprint density at radius 2 is 2.00 bits per heavy atom. The zero-order valence-electron chi connectivity index (χ0n) is 7.87. The van der Waals surface area contributed by atoms with Crippen LogP contribution in [0.1, 0.15) is 26.7 Å². The Hall–Kier alpha value is -0.280. The summed E-state index contributed by atoms with van der Waals surface area (Å²) in [6.07, 6.45) is 1.20. The van der Waals surface area contributed by atoms with E-state index >= 15 is 0 Å². The summed E-state index contributed by atoms with van der Waals surface area (Å²) in [5.74, 6) is 0.313. The van der Waals surface area contributed by atoms with Crippen LogP contribution in [0.2, 0.25) is 0 Å². The second kappa shape index (κ2) is 7.37. The van der Waals surface area contributed by atoms with E-state index in [1.165, 1.54) is 7.11 Å². The number of methoxy groups -OCH3 is 1. The zero-order chi connectivity index (χ0) is 8.85. The maximum atomic E-state index is 10.7. The number of carbonyl (C=O) groups is 1. The average Bonchev–Trinajstić information content (AvgIpc) is 1.85. The number of rotatable bonds is 4. The molecular formula is C8H18ClNO2. The first-order valence-electron chi connectivity index (χ1n) is 3.88. The van der Waals surface area contributed by atoms with Gasteiger partial charge in [-0.1, -0.05) is 13.8 Å². The van der Waals surface area contributed by atoms with Crippen LogP contribution < -0.4 is 5.73 Å². The highest BCUT2D eigenvalue weighted by atomic mass is 35.5. The second-order valence-corrected chi connectivity index (χ2v) is 3.17. The van der Waals surface area contributed by atoms with E-state index in [9.17, 15) is 4.79 Å². The Kier molecular flexibility index (Phi) is 8.76. The van der Waals surface area contributed by atoms with Gasteiger partial charge in [0, 0.05) is 6.04 Å². The average molecular weight is 196 g/mol. The summed E-state index contributed by atoms with van der Waals surface area (Å²) in [6, 6.07) is -0.0533. The van der Waals surface area contributed by atoms with Gasteiger partial charge in [0.2, 0.25) is 0 Å². The van der Waals surface area contributed by atoms with E-state index in [1.807, 2.05) is 0 Å². The van der Waals surface area contributed by atoms with Crippen LogP contribution in [-0.2, 0) is 9.53 Å². The van der Waals surface area contributed by atoms with Gasteiger partial charge in [0.25, 0.3) is 0 Å². The van der Waals surface area contributed by atoms with Gasteiger partial charge in [-0.15, -0.1) is 12.4 Å². The molecule has 0 aromatic carbocycles. The van der Waals surface area contributed by atoms with Gasteiger partial charge in [-0.2, -0.15) is 0 Å². The molecule has 0 heterocycles. The minimum atomic E-state index is -0.224. The Morgan fingerprint density at radius 1 is 1.50 bits per heavy atom. The summed E-state index contributed by atoms with van der Waals surface area (Å²) in [6.45, 7) is 4.16. The molecule has 0 aromatic heterocycles. The van der Waals surface area contributed by atoms with Gasteiger partial charge in [0.05, 0.1) is 13.5 Å². The highest BCUT2D eigenvalue weighted by molar-refractivity contribution is 5.85. The Morgan fingerprint density at radius 3 is 2.33 bits per heavy atom. The summed E-state index contributed by atoms with van der Waals surface area (Å²) in [4.78, 5) is 10.7. The molecule has 1 atom stereocenters. The lowest BCUT2D eigenvalue weighted by atomic mass is 10.0. The number of halogens is 1. The van der Waals surface area contributed by atoms with Gasteiger partial charge in [-0.05, 0) is 12.3 Å². The van der Waals surface area contributed by atoms with E-state index < -0.39 is 0 Å². The molecule has 0 aliphatic heterocycles. The van der Waals surface area contributed by atoms with Crippen LogP contribution in [-0.4, -0.2) is 19.1 Å². The van der Waals surface area contributed by atoms with Crippen molar-refractivity contribution in [2.24, 2.45) is 11.7 Å². The fourth-order valence-electron chi connectivity index (χ4n) is 0.986. The molecular weight excluding hydrogens is 178 g/mol. The number of hydrogen-bond donors (Lipinski definition) is 1. The molecule has 2 N–H and O–H groups in total. The zero-order valence-corrected chi connectivity index (χ0v) is 8.69. The molecule has 0 saturated carbocycles. The first-order chi connectivity index (χ1) is 5.06. The molecule has 0 fully saturated rings. The highest BCUT2D eigenvalue weighted by Gasteiger charge is 2.10. The van der Waals surface area contributed by atoms with Crippen molar-refractivity contribution in [3.63, 3.8) is 0 Å². The van der Waals surface area contributed by atoms with Gasteiger partial charge in [-0.25, -0.2) is 0 Å². The van der Waals surface area contributed by atoms with Crippen molar-refractivity contribution in [1.82, 2.24) is 0 Å². The summed E-state index contributed by atoms with van der Waals surface area (Å²) in [5, 5.41) is 0. The van der Waals surface area contributed by atoms with E-state index in [-0.39, 0.29) is 24.4 Å². The topological polar surface area (TPSA) is 52.3 Å². The number of hydrogen-bond acceptors (Lipinski definition) is 3. The Balaban J connectivity index is 0. The number of esters is 1. The van der Waals surface area contributed by atoms with Crippen LogP contribution in [0.3, 0.4) is 0 Å². The molecule has 74 valence electrons. The predicted octanol–water partition coefficient (Wildman–Crippen LogP) is 1.34. The van der Waals surface area contributed by atoms with Gasteiger partial charge < -0.3 is 10.5 Å². The lowest BCUT2D eigenvalue weighted by Gasteiger charge is -2.11. The molecule has 0 bridgehead atoms. The number of carbonyl (C=O) groups excluding carboxylic acids is 1. The fourth-order valence-corrected chi connectivity index (χ4v) is 0.986. The normalized spacial score (nSPS) is 12.1. The molecule has 0 amide bonds. The summed E-state index contributed by atoms with van der Waals surface area (Å²) in [7, 11) is 1.38. The van der Waals surface area contributed by atoms with Gasteiger partial charge in [0.15, 0.2) is 0 Å². The number of ether oxygens (including phenoxy) is 1. The van der Waals surface area contributed by atoms with E-state index in [4.69, 9.17) is 5.73 Å². The summed E-state index contributed by atoms with van der Waals surface area (Å²) >= 11 is 0. The number of nitrogens with two attached hydrogens (primary N) is 1. The second-order valence-electron chi connectivity index (χ2n) is 3.17. The molecule has 0 aromatic rings. The summed E-state index contributed by atoms with van der Waals surface area (Å²) < 4.78 is 4.48. The lowest BCUT2D eigenvalue weighted by molar-refractivity contribution is -0.141. The minimum Gasteiger partial charge on any atom is -0.469 e. The molecule has 0 unspecified atom stereocenters. The van der Waals surface area contributed by atoms with Crippen LogP contribution in [0, 0.1) is 5.92 Å². The maximum absolute atomic E-state index is 10.7. The molecule has 0 rings (SSSR count). The molecule has 3 nitrogen and oxygen atoms in total. The molecule has 0 saturated heterocycles. The monoisotopic (exact) mass is 195 g/mol. The van der Waals surface area contributed by atoms with Crippen molar-refractivity contribution in [3.8, 4) is 0 Å². The van der Waals surface area contributed by atoms with E-state index in [1.54, 1.807) is 0 Å². The minimum absolute atomic E-state index is 0. The molecule has 0 spiro atoms. The van der Waals surface area contributed by atoms with E-state index in [0.717, 1.165) is 6.42 Å². The van der Waals surface area contributed by atoms with Crippen LogP contribution >= 0.6 is 12.4 Å². The first-order valence-corrected chi connectivity index (χ1v) is 3.88. The largest absolute Gasteiger partial charge is 0.469 e. The molecule has 4 heteroatoms. The third-order valence-electron chi connectivity index (χ3n) is 1.43. The molecule has 0 aliphatic rings. The van der Waals surface area contributed by atoms with Crippen LogP contribution in [0.5, 0.6) is 0 Å². The van der Waals surface area contributed by atoms with Crippen LogP contribution in [0.15, 0.2) is 0 Å². The van der Waals surface area contributed by atoms with E-state index in [2.05, 4.69) is 18.6 Å². The van der Waals surface area contributed by atoms with Crippen molar-refractivity contribution in [2.45, 2.75) is 32.7 Å². The highest BCUT2D eigenvalue weighted by Crippen LogP contribution is 2.05. The van der Waals surface area contributed by atoms with E-state index in [0.29, 0.717) is 12.3 Å². The predicted molar refractivity (Wildman–Crippen MR) is 51.3 cm³/mol.